The van der Waals surface area contributed by atoms with Gasteiger partial charge in [0, 0.05) is 18.6 Å². The number of nitrogens with zero attached hydrogens (tertiary/aromatic N) is 2. The topological polar surface area (TPSA) is 34.1 Å². The molecule has 0 saturated heterocycles. The highest BCUT2D eigenvalue weighted by Crippen LogP contribution is 2.28. The molecule has 0 aliphatic carbocycles. The maximum Gasteiger partial charge on any atom is 0.225 e. The number of hydrogen-bond donors (Lipinski definition) is 0. The average molecular weight is 387 g/mol. The van der Waals surface area contributed by atoms with Crippen LogP contribution in [0.5, 0.6) is 5.75 Å². The van der Waals surface area contributed by atoms with E-state index >= 15 is 0 Å². The van der Waals surface area contributed by atoms with Crippen molar-refractivity contribution in [1.82, 2.24) is 0 Å². The number of para-hydroxylation sites is 1. The Labute approximate surface area is 150 Å². The van der Waals surface area contributed by atoms with Crippen LogP contribution in [0.4, 0.5) is 5.69 Å². The quantitative estimate of drug-likeness (QED) is 0.783. The minimum Gasteiger partial charge on any atom is -0.496 e. The molecule has 3 rings (SSSR count). The van der Waals surface area contributed by atoms with E-state index in [2.05, 4.69) is 44.0 Å². The third-order valence-corrected chi connectivity index (χ3v) is 4.36. The zero-order chi connectivity index (χ0) is 17.1. The Morgan fingerprint density at radius 1 is 1.21 bits per heavy atom. The summed E-state index contributed by atoms with van der Waals surface area (Å²) in [5, 5.41) is 0. The maximum atomic E-state index is 5.74. The Kier molecular flexibility index (Phi) is 4.90. The molecule has 0 atom stereocenters. The second-order valence-electron chi connectivity index (χ2n) is 5.65. The lowest BCUT2D eigenvalue weighted by atomic mass is 10.1. The van der Waals surface area contributed by atoms with E-state index in [0.29, 0.717) is 12.5 Å². The van der Waals surface area contributed by atoms with Crippen LogP contribution in [0.2, 0.25) is 0 Å². The SMILES string of the molecule is COc1ccccc1C1=NC(=Cc2ccc(N(C)C)c(Br)c2)CO1. The van der Waals surface area contributed by atoms with Crippen molar-refractivity contribution in [2.75, 3.05) is 32.7 Å². The summed E-state index contributed by atoms with van der Waals surface area (Å²) in [6, 6.07) is 14.0. The predicted molar refractivity (Wildman–Crippen MR) is 102 cm³/mol. The minimum absolute atomic E-state index is 0.459. The van der Waals surface area contributed by atoms with E-state index in [1.165, 1.54) is 0 Å². The first-order valence-electron chi connectivity index (χ1n) is 7.61. The number of methoxy groups -OCH3 is 1. The molecule has 0 N–H and O–H groups in total. The van der Waals surface area contributed by atoms with Gasteiger partial charge >= 0.3 is 0 Å². The summed E-state index contributed by atoms with van der Waals surface area (Å²) in [5.74, 6) is 1.36. The van der Waals surface area contributed by atoms with Gasteiger partial charge in [-0.15, -0.1) is 0 Å². The monoisotopic (exact) mass is 386 g/mol. The molecule has 0 unspecified atom stereocenters. The van der Waals surface area contributed by atoms with Crippen molar-refractivity contribution < 1.29 is 9.47 Å². The molecule has 0 fully saturated rings. The van der Waals surface area contributed by atoms with Crippen molar-refractivity contribution in [2.45, 2.75) is 0 Å². The molecule has 0 aromatic heterocycles. The van der Waals surface area contributed by atoms with Crippen LogP contribution in [0.15, 0.2) is 57.6 Å². The Bertz CT molecular complexity index is 813. The lowest BCUT2D eigenvalue weighted by molar-refractivity contribution is 0.360. The molecule has 1 heterocycles. The van der Waals surface area contributed by atoms with Crippen LogP contribution in [-0.4, -0.2) is 33.7 Å². The second-order valence-corrected chi connectivity index (χ2v) is 6.50. The highest BCUT2D eigenvalue weighted by Gasteiger charge is 2.18. The molecule has 1 aliphatic heterocycles. The molecular formula is C19H19BrN2O2. The van der Waals surface area contributed by atoms with Crippen LogP contribution in [0.3, 0.4) is 0 Å². The van der Waals surface area contributed by atoms with Crippen LogP contribution in [0.25, 0.3) is 6.08 Å². The molecule has 0 saturated carbocycles. The number of benzene rings is 2. The van der Waals surface area contributed by atoms with Crippen LogP contribution >= 0.6 is 15.9 Å². The summed E-state index contributed by atoms with van der Waals surface area (Å²) in [5.41, 5.74) is 3.97. The highest BCUT2D eigenvalue weighted by molar-refractivity contribution is 9.10. The van der Waals surface area contributed by atoms with E-state index < -0.39 is 0 Å². The van der Waals surface area contributed by atoms with Gasteiger partial charge in [-0.05, 0) is 51.8 Å². The van der Waals surface area contributed by atoms with Gasteiger partial charge in [-0.1, -0.05) is 18.2 Å². The average Bonchev–Trinajstić information content (AvgIpc) is 3.03. The molecule has 2 aromatic rings. The fourth-order valence-electron chi connectivity index (χ4n) is 2.54. The van der Waals surface area contributed by atoms with E-state index in [0.717, 1.165) is 32.7 Å². The third kappa shape index (κ3) is 3.46. The minimum atomic E-state index is 0.459. The number of rotatable bonds is 4. The summed E-state index contributed by atoms with van der Waals surface area (Å²) in [6.07, 6.45) is 2.03. The molecule has 0 spiro atoms. The van der Waals surface area contributed by atoms with Gasteiger partial charge in [-0.25, -0.2) is 4.99 Å². The molecule has 24 heavy (non-hydrogen) atoms. The smallest absolute Gasteiger partial charge is 0.225 e. The number of aliphatic imine (C=N–C) groups is 1. The maximum absolute atomic E-state index is 5.74. The number of anilines is 1. The van der Waals surface area contributed by atoms with Gasteiger partial charge in [0.15, 0.2) is 0 Å². The van der Waals surface area contributed by atoms with E-state index in [4.69, 9.17) is 9.47 Å². The highest BCUT2D eigenvalue weighted by atomic mass is 79.9. The van der Waals surface area contributed by atoms with E-state index in [1.54, 1.807) is 7.11 Å². The largest absolute Gasteiger partial charge is 0.496 e. The van der Waals surface area contributed by atoms with Crippen LogP contribution in [-0.2, 0) is 4.74 Å². The fraction of sp³-hybridized carbons (Fsp3) is 0.211. The first-order chi connectivity index (χ1) is 11.6. The van der Waals surface area contributed by atoms with Crippen molar-refractivity contribution in [3.05, 3.63) is 63.8 Å². The molecule has 124 valence electrons. The Morgan fingerprint density at radius 3 is 2.71 bits per heavy atom. The molecule has 5 heteroatoms. The second kappa shape index (κ2) is 7.09. The predicted octanol–water partition coefficient (Wildman–Crippen LogP) is 4.34. The normalized spacial score (nSPS) is 15.2. The van der Waals surface area contributed by atoms with Crippen LogP contribution in [0, 0.1) is 0 Å². The zero-order valence-electron chi connectivity index (χ0n) is 13.9. The fourth-order valence-corrected chi connectivity index (χ4v) is 3.29. The summed E-state index contributed by atoms with van der Waals surface area (Å²) in [7, 11) is 5.69. The lowest BCUT2D eigenvalue weighted by Gasteiger charge is -2.14. The summed E-state index contributed by atoms with van der Waals surface area (Å²) >= 11 is 3.61. The lowest BCUT2D eigenvalue weighted by Crippen LogP contribution is -2.09. The van der Waals surface area contributed by atoms with Gasteiger partial charge in [0.25, 0.3) is 0 Å². The molecule has 0 amide bonds. The standard InChI is InChI=1S/C19H19BrN2O2/c1-22(2)17-9-8-13(11-16(17)20)10-14-12-24-19(21-14)15-6-4-5-7-18(15)23-3/h4-11H,12H2,1-3H3. The van der Waals surface area contributed by atoms with E-state index in [9.17, 15) is 0 Å². The van der Waals surface area contributed by atoms with Gasteiger partial charge in [-0.2, -0.15) is 0 Å². The van der Waals surface area contributed by atoms with Crippen LogP contribution < -0.4 is 9.64 Å². The Morgan fingerprint density at radius 2 is 2.00 bits per heavy atom. The zero-order valence-corrected chi connectivity index (χ0v) is 15.5. The molecule has 0 bridgehead atoms. The Balaban J connectivity index is 1.88. The summed E-state index contributed by atoms with van der Waals surface area (Å²) < 4.78 is 12.2. The van der Waals surface area contributed by atoms with Gasteiger partial charge < -0.3 is 14.4 Å². The van der Waals surface area contributed by atoms with Gasteiger partial charge in [-0.3, -0.25) is 0 Å². The molecule has 4 nitrogen and oxygen atoms in total. The van der Waals surface area contributed by atoms with Gasteiger partial charge in [0.1, 0.15) is 12.4 Å². The number of halogens is 1. The van der Waals surface area contributed by atoms with Crippen molar-refractivity contribution in [1.29, 1.82) is 0 Å². The van der Waals surface area contributed by atoms with Crippen molar-refractivity contribution in [3.63, 3.8) is 0 Å². The molecule has 2 aromatic carbocycles. The van der Waals surface area contributed by atoms with Crippen molar-refractivity contribution in [2.24, 2.45) is 4.99 Å². The first-order valence-corrected chi connectivity index (χ1v) is 8.40. The summed E-state index contributed by atoms with van der Waals surface area (Å²) in [4.78, 5) is 6.67. The van der Waals surface area contributed by atoms with Crippen molar-refractivity contribution >= 4 is 33.6 Å². The van der Waals surface area contributed by atoms with Gasteiger partial charge in [0.05, 0.1) is 24.1 Å². The number of hydrogen-bond acceptors (Lipinski definition) is 4. The third-order valence-electron chi connectivity index (χ3n) is 3.73. The number of ether oxygens (including phenoxy) is 2. The van der Waals surface area contributed by atoms with Crippen molar-refractivity contribution in [3.8, 4) is 5.75 Å². The first kappa shape index (κ1) is 16.6. The molecule has 1 aliphatic rings. The Hall–Kier alpha value is -2.27. The van der Waals surface area contributed by atoms with Crippen LogP contribution in [0.1, 0.15) is 11.1 Å². The summed E-state index contributed by atoms with van der Waals surface area (Å²) in [6.45, 7) is 0.459. The van der Waals surface area contributed by atoms with E-state index in [1.807, 2.05) is 44.4 Å². The van der Waals surface area contributed by atoms with E-state index in [-0.39, 0.29) is 0 Å². The van der Waals surface area contributed by atoms with Gasteiger partial charge in [0.2, 0.25) is 5.90 Å². The molecule has 0 radical (unpaired) electrons. The molecular weight excluding hydrogens is 368 g/mol.